The Morgan fingerprint density at radius 1 is 1.14 bits per heavy atom. The van der Waals surface area contributed by atoms with Crippen molar-refractivity contribution in [3.63, 3.8) is 0 Å². The molecule has 0 bridgehead atoms. The molecule has 21 heavy (non-hydrogen) atoms. The van der Waals surface area contributed by atoms with Crippen molar-refractivity contribution >= 4 is 11.4 Å². The summed E-state index contributed by atoms with van der Waals surface area (Å²) in [5.41, 5.74) is 1.65. The Hall–Kier alpha value is -3.02. The Bertz CT molecular complexity index is 817. The van der Waals surface area contributed by atoms with Crippen LogP contribution in [0.5, 0.6) is 0 Å². The van der Waals surface area contributed by atoms with Gasteiger partial charge in [-0.1, -0.05) is 12.1 Å². The van der Waals surface area contributed by atoms with Gasteiger partial charge >= 0.3 is 0 Å². The predicted octanol–water partition coefficient (Wildman–Crippen LogP) is 2.71. The Morgan fingerprint density at radius 2 is 2.05 bits per heavy atom. The first-order valence-corrected chi connectivity index (χ1v) is 6.25. The number of anilines is 2. The number of pyridine rings is 1. The van der Waals surface area contributed by atoms with Gasteiger partial charge in [0.15, 0.2) is 0 Å². The number of nitrogens with one attached hydrogen (secondary N) is 2. The minimum Gasteiger partial charge on any atom is -0.349 e. The molecule has 0 unspecified atom stereocenters. The molecular formula is C15H11FN4O. The number of aromatic amines is 1. The van der Waals surface area contributed by atoms with Gasteiger partial charge in [-0.15, -0.1) is 0 Å². The van der Waals surface area contributed by atoms with Crippen molar-refractivity contribution in [2.24, 2.45) is 0 Å². The summed E-state index contributed by atoms with van der Waals surface area (Å²) < 4.78 is 13.4. The molecule has 0 fully saturated rings. The van der Waals surface area contributed by atoms with E-state index in [0.717, 1.165) is 0 Å². The van der Waals surface area contributed by atoms with Crippen molar-refractivity contribution in [3.8, 4) is 11.1 Å². The summed E-state index contributed by atoms with van der Waals surface area (Å²) in [4.78, 5) is 16.0. The molecule has 0 saturated heterocycles. The van der Waals surface area contributed by atoms with Crippen LogP contribution >= 0.6 is 0 Å². The normalized spacial score (nSPS) is 10.3. The molecule has 2 aromatic heterocycles. The molecule has 0 radical (unpaired) electrons. The molecule has 2 N–H and O–H groups in total. The maximum atomic E-state index is 13.4. The second-order valence-electron chi connectivity index (χ2n) is 4.36. The van der Waals surface area contributed by atoms with Crippen molar-refractivity contribution in [1.82, 2.24) is 15.2 Å². The lowest BCUT2D eigenvalue weighted by molar-refractivity contribution is 0.628. The van der Waals surface area contributed by atoms with Gasteiger partial charge in [0, 0.05) is 11.8 Å². The standard InChI is InChI=1S/C15H11FN4O/c16-11-4-1-3-10(7-11)13-9-18-20-15(21)14(13)19-12-5-2-6-17-8-12/h1-9H,(H,18,19)(H,20,21). The summed E-state index contributed by atoms with van der Waals surface area (Å²) in [6.45, 7) is 0. The summed E-state index contributed by atoms with van der Waals surface area (Å²) >= 11 is 0. The summed E-state index contributed by atoms with van der Waals surface area (Å²) in [6, 6.07) is 9.53. The molecule has 0 amide bonds. The number of nitrogens with zero attached hydrogens (tertiary/aromatic N) is 2. The second kappa shape index (κ2) is 5.54. The van der Waals surface area contributed by atoms with Crippen LogP contribution in [0.25, 0.3) is 11.1 Å². The fourth-order valence-electron chi connectivity index (χ4n) is 1.98. The van der Waals surface area contributed by atoms with Crippen LogP contribution in [0.3, 0.4) is 0 Å². The Labute approximate surface area is 119 Å². The molecule has 5 nitrogen and oxygen atoms in total. The predicted molar refractivity (Wildman–Crippen MR) is 77.8 cm³/mol. The highest BCUT2D eigenvalue weighted by atomic mass is 19.1. The molecule has 0 aliphatic carbocycles. The SMILES string of the molecule is O=c1[nH]ncc(-c2cccc(F)c2)c1Nc1cccnc1. The first-order valence-electron chi connectivity index (χ1n) is 6.25. The third-order valence-corrected chi connectivity index (χ3v) is 2.92. The number of halogens is 1. The van der Waals surface area contributed by atoms with Gasteiger partial charge in [-0.2, -0.15) is 5.10 Å². The number of H-pyrrole nitrogens is 1. The van der Waals surface area contributed by atoms with E-state index in [1.54, 1.807) is 36.7 Å². The van der Waals surface area contributed by atoms with E-state index in [2.05, 4.69) is 20.5 Å². The lowest BCUT2D eigenvalue weighted by Crippen LogP contribution is -2.14. The topological polar surface area (TPSA) is 70.7 Å². The van der Waals surface area contributed by atoms with Crippen molar-refractivity contribution in [1.29, 1.82) is 0 Å². The van der Waals surface area contributed by atoms with E-state index in [0.29, 0.717) is 22.5 Å². The number of benzene rings is 1. The number of hydrogen-bond donors (Lipinski definition) is 2. The molecule has 2 heterocycles. The zero-order chi connectivity index (χ0) is 14.7. The van der Waals surface area contributed by atoms with Crippen LogP contribution in [0.2, 0.25) is 0 Å². The molecule has 6 heteroatoms. The smallest absolute Gasteiger partial charge is 0.288 e. The summed E-state index contributed by atoms with van der Waals surface area (Å²) in [7, 11) is 0. The van der Waals surface area contributed by atoms with Crippen LogP contribution in [0.1, 0.15) is 0 Å². The number of aromatic nitrogens is 3. The van der Waals surface area contributed by atoms with Crippen LogP contribution in [0.4, 0.5) is 15.8 Å². The third-order valence-electron chi connectivity index (χ3n) is 2.92. The Kier molecular flexibility index (Phi) is 3.42. The van der Waals surface area contributed by atoms with Crippen LogP contribution in [0.15, 0.2) is 59.8 Å². The summed E-state index contributed by atoms with van der Waals surface area (Å²) in [6.07, 6.45) is 4.71. The monoisotopic (exact) mass is 282 g/mol. The highest BCUT2D eigenvalue weighted by Gasteiger charge is 2.11. The highest BCUT2D eigenvalue weighted by Crippen LogP contribution is 2.26. The molecule has 0 atom stereocenters. The molecule has 0 aliphatic heterocycles. The van der Waals surface area contributed by atoms with Gasteiger partial charge in [0.05, 0.1) is 18.1 Å². The van der Waals surface area contributed by atoms with Crippen molar-refractivity contribution < 1.29 is 4.39 Å². The van der Waals surface area contributed by atoms with Crippen LogP contribution in [-0.4, -0.2) is 15.2 Å². The van der Waals surface area contributed by atoms with E-state index in [4.69, 9.17) is 0 Å². The number of rotatable bonds is 3. The average molecular weight is 282 g/mol. The van der Waals surface area contributed by atoms with E-state index < -0.39 is 0 Å². The largest absolute Gasteiger partial charge is 0.349 e. The van der Waals surface area contributed by atoms with Crippen LogP contribution < -0.4 is 10.9 Å². The summed E-state index contributed by atoms with van der Waals surface area (Å²) in [5, 5.41) is 9.13. The zero-order valence-corrected chi connectivity index (χ0v) is 10.9. The minimum atomic E-state index is -0.388. The molecule has 0 aliphatic rings. The first-order chi connectivity index (χ1) is 10.2. The van der Waals surface area contributed by atoms with Crippen molar-refractivity contribution in [3.05, 3.63) is 71.2 Å². The second-order valence-corrected chi connectivity index (χ2v) is 4.36. The van der Waals surface area contributed by atoms with E-state index in [1.807, 2.05) is 0 Å². The van der Waals surface area contributed by atoms with Gasteiger partial charge < -0.3 is 5.32 Å². The Balaban J connectivity index is 2.10. The van der Waals surface area contributed by atoms with Crippen LogP contribution in [0, 0.1) is 5.82 Å². The summed E-state index contributed by atoms with van der Waals surface area (Å²) in [5.74, 6) is -0.375. The van der Waals surface area contributed by atoms with E-state index in [9.17, 15) is 9.18 Å². The quantitative estimate of drug-likeness (QED) is 0.775. The van der Waals surface area contributed by atoms with E-state index >= 15 is 0 Å². The van der Waals surface area contributed by atoms with Gasteiger partial charge in [0.1, 0.15) is 11.5 Å². The molecule has 0 spiro atoms. The van der Waals surface area contributed by atoms with Gasteiger partial charge in [-0.3, -0.25) is 9.78 Å². The highest BCUT2D eigenvalue weighted by molar-refractivity contribution is 5.79. The fraction of sp³-hybridized carbons (Fsp3) is 0. The Morgan fingerprint density at radius 3 is 2.81 bits per heavy atom. The third kappa shape index (κ3) is 2.79. The average Bonchev–Trinajstić information content (AvgIpc) is 2.50. The molecule has 0 saturated carbocycles. The minimum absolute atomic E-state index is 0.295. The lowest BCUT2D eigenvalue weighted by atomic mass is 10.1. The van der Waals surface area contributed by atoms with Crippen molar-refractivity contribution in [2.45, 2.75) is 0 Å². The van der Waals surface area contributed by atoms with Gasteiger partial charge in [0.25, 0.3) is 5.56 Å². The van der Waals surface area contributed by atoms with Crippen LogP contribution in [-0.2, 0) is 0 Å². The maximum absolute atomic E-state index is 13.4. The molecule has 3 aromatic rings. The number of hydrogen-bond acceptors (Lipinski definition) is 4. The van der Waals surface area contributed by atoms with E-state index in [1.165, 1.54) is 18.3 Å². The molecular weight excluding hydrogens is 271 g/mol. The first kappa shape index (κ1) is 13.0. The van der Waals surface area contributed by atoms with Gasteiger partial charge in [-0.05, 0) is 29.8 Å². The lowest BCUT2D eigenvalue weighted by Gasteiger charge is -2.10. The van der Waals surface area contributed by atoms with Gasteiger partial charge in [0.2, 0.25) is 0 Å². The van der Waals surface area contributed by atoms with E-state index in [-0.39, 0.29) is 11.4 Å². The molecule has 1 aromatic carbocycles. The zero-order valence-electron chi connectivity index (χ0n) is 10.9. The fourth-order valence-corrected chi connectivity index (χ4v) is 1.98. The van der Waals surface area contributed by atoms with Crippen molar-refractivity contribution in [2.75, 3.05) is 5.32 Å². The maximum Gasteiger partial charge on any atom is 0.288 e. The van der Waals surface area contributed by atoms with Gasteiger partial charge in [-0.25, -0.2) is 9.49 Å². The molecule has 3 rings (SSSR count). The molecule has 104 valence electrons.